The highest BCUT2D eigenvalue weighted by molar-refractivity contribution is 5.79. The highest BCUT2D eigenvalue weighted by Gasteiger charge is 2.21. The Morgan fingerprint density at radius 2 is 2.42 bits per heavy atom. The van der Waals surface area contributed by atoms with Crippen molar-refractivity contribution < 1.29 is 4.79 Å². The average Bonchev–Trinajstić information content (AvgIpc) is 2.07. The topological polar surface area (TPSA) is 32.3 Å². The molecule has 0 spiro atoms. The highest BCUT2D eigenvalue weighted by Crippen LogP contribution is 2.20. The van der Waals surface area contributed by atoms with E-state index in [1.54, 1.807) is 0 Å². The maximum Gasteiger partial charge on any atom is 0.227 e. The van der Waals surface area contributed by atoms with Crippen molar-refractivity contribution in [1.29, 1.82) is 0 Å². The zero-order valence-electron chi connectivity index (χ0n) is 7.13. The standard InChI is InChI=1S/C9H12N2O/c1-7-3-2-5-11-6-4-8(12)10-9(7)11/h2,5H,3-4,6H2,1H3,(H,10,12). The van der Waals surface area contributed by atoms with E-state index in [4.69, 9.17) is 0 Å². The van der Waals surface area contributed by atoms with Crippen LogP contribution in [-0.4, -0.2) is 17.4 Å². The van der Waals surface area contributed by atoms with Crippen molar-refractivity contribution in [2.24, 2.45) is 0 Å². The van der Waals surface area contributed by atoms with Crippen molar-refractivity contribution in [3.8, 4) is 0 Å². The summed E-state index contributed by atoms with van der Waals surface area (Å²) < 4.78 is 0. The summed E-state index contributed by atoms with van der Waals surface area (Å²) in [4.78, 5) is 13.2. The molecule has 1 saturated heterocycles. The van der Waals surface area contributed by atoms with Gasteiger partial charge in [-0.25, -0.2) is 0 Å². The Bertz CT molecular complexity index is 278. The van der Waals surface area contributed by atoms with Gasteiger partial charge in [-0.1, -0.05) is 6.08 Å². The van der Waals surface area contributed by atoms with Gasteiger partial charge in [0.05, 0.1) is 0 Å². The molecule has 1 fully saturated rings. The van der Waals surface area contributed by atoms with E-state index >= 15 is 0 Å². The first kappa shape index (κ1) is 7.40. The monoisotopic (exact) mass is 164 g/mol. The van der Waals surface area contributed by atoms with Crippen molar-refractivity contribution in [2.75, 3.05) is 6.54 Å². The van der Waals surface area contributed by atoms with Crippen LogP contribution in [-0.2, 0) is 4.79 Å². The summed E-state index contributed by atoms with van der Waals surface area (Å²) in [7, 11) is 0. The Labute approximate surface area is 71.7 Å². The van der Waals surface area contributed by atoms with E-state index in [0.717, 1.165) is 18.8 Å². The lowest BCUT2D eigenvalue weighted by molar-refractivity contribution is -0.122. The number of nitrogens with one attached hydrogen (secondary N) is 1. The molecule has 2 aliphatic heterocycles. The molecule has 1 N–H and O–H groups in total. The lowest BCUT2D eigenvalue weighted by atomic mass is 10.1. The fourth-order valence-corrected chi connectivity index (χ4v) is 1.55. The lowest BCUT2D eigenvalue weighted by Gasteiger charge is -2.32. The van der Waals surface area contributed by atoms with Crippen LogP contribution < -0.4 is 5.32 Å². The molecule has 64 valence electrons. The largest absolute Gasteiger partial charge is 0.334 e. The number of carbonyl (C=O) groups excluding carboxylic acids is 1. The molecule has 1 amide bonds. The zero-order valence-corrected chi connectivity index (χ0v) is 7.13. The van der Waals surface area contributed by atoms with Crippen LogP contribution in [0.25, 0.3) is 0 Å². The second-order valence-electron chi connectivity index (χ2n) is 3.21. The Morgan fingerprint density at radius 1 is 1.58 bits per heavy atom. The Morgan fingerprint density at radius 3 is 3.25 bits per heavy atom. The number of amides is 1. The second-order valence-corrected chi connectivity index (χ2v) is 3.21. The van der Waals surface area contributed by atoms with Crippen molar-refractivity contribution in [3.05, 3.63) is 23.7 Å². The molecule has 3 heteroatoms. The van der Waals surface area contributed by atoms with E-state index in [1.807, 2.05) is 6.20 Å². The van der Waals surface area contributed by atoms with Gasteiger partial charge in [-0.05, 0) is 18.9 Å². The first-order chi connectivity index (χ1) is 5.77. The van der Waals surface area contributed by atoms with Crippen LogP contribution in [0.15, 0.2) is 23.7 Å². The fraction of sp³-hybridized carbons (Fsp3) is 0.444. The molecule has 0 aromatic carbocycles. The predicted molar refractivity (Wildman–Crippen MR) is 45.9 cm³/mol. The average molecular weight is 164 g/mol. The van der Waals surface area contributed by atoms with Crippen LogP contribution >= 0.6 is 0 Å². The third-order valence-corrected chi connectivity index (χ3v) is 2.24. The Balaban J connectivity index is 2.26. The summed E-state index contributed by atoms with van der Waals surface area (Å²) in [5.74, 6) is 1.13. The fourth-order valence-electron chi connectivity index (χ4n) is 1.55. The third kappa shape index (κ3) is 1.11. The van der Waals surface area contributed by atoms with E-state index in [2.05, 4.69) is 23.2 Å². The number of rotatable bonds is 0. The number of carbonyl (C=O) groups is 1. The van der Waals surface area contributed by atoms with Gasteiger partial charge in [0.1, 0.15) is 5.82 Å². The molecule has 2 aliphatic rings. The predicted octanol–water partition coefficient (Wildman–Crippen LogP) is 0.957. The van der Waals surface area contributed by atoms with Gasteiger partial charge in [0.2, 0.25) is 5.91 Å². The minimum atomic E-state index is 0.135. The number of allylic oxidation sites excluding steroid dienone is 2. The van der Waals surface area contributed by atoms with Crippen molar-refractivity contribution in [2.45, 2.75) is 19.8 Å². The molecule has 12 heavy (non-hydrogen) atoms. The first-order valence-corrected chi connectivity index (χ1v) is 4.20. The van der Waals surface area contributed by atoms with Crippen molar-refractivity contribution in [3.63, 3.8) is 0 Å². The van der Waals surface area contributed by atoms with Crippen LogP contribution in [0.3, 0.4) is 0 Å². The van der Waals surface area contributed by atoms with Crippen molar-refractivity contribution in [1.82, 2.24) is 10.2 Å². The number of nitrogens with zero attached hydrogens (tertiary/aromatic N) is 1. The van der Waals surface area contributed by atoms with E-state index in [9.17, 15) is 4.79 Å². The molecule has 2 heterocycles. The quantitative estimate of drug-likeness (QED) is 0.578. The summed E-state index contributed by atoms with van der Waals surface area (Å²) in [6.45, 7) is 2.87. The van der Waals surface area contributed by atoms with Gasteiger partial charge in [-0.15, -0.1) is 0 Å². The normalized spacial score (nSPS) is 22.4. The second kappa shape index (κ2) is 2.66. The number of fused-ring (bicyclic) bond motifs is 1. The molecular weight excluding hydrogens is 152 g/mol. The van der Waals surface area contributed by atoms with Crippen LogP contribution in [0.5, 0.6) is 0 Å². The van der Waals surface area contributed by atoms with Crippen molar-refractivity contribution >= 4 is 5.91 Å². The molecular formula is C9H12N2O. The molecule has 0 bridgehead atoms. The minimum absolute atomic E-state index is 0.135. The first-order valence-electron chi connectivity index (χ1n) is 4.20. The van der Waals surface area contributed by atoms with Gasteiger partial charge in [-0.2, -0.15) is 0 Å². The summed E-state index contributed by atoms with van der Waals surface area (Å²) in [5, 5.41) is 2.88. The third-order valence-electron chi connectivity index (χ3n) is 2.24. The molecule has 2 rings (SSSR count). The summed E-state index contributed by atoms with van der Waals surface area (Å²) >= 11 is 0. The summed E-state index contributed by atoms with van der Waals surface area (Å²) in [6.07, 6.45) is 5.71. The molecule has 0 atom stereocenters. The van der Waals surface area contributed by atoms with E-state index in [1.165, 1.54) is 5.57 Å². The van der Waals surface area contributed by atoms with E-state index in [-0.39, 0.29) is 5.91 Å². The lowest BCUT2D eigenvalue weighted by Crippen LogP contribution is -2.41. The Hall–Kier alpha value is -1.25. The van der Waals surface area contributed by atoms with Gasteiger partial charge in [0, 0.05) is 19.2 Å². The highest BCUT2D eigenvalue weighted by atomic mass is 16.1. The zero-order chi connectivity index (χ0) is 8.55. The molecule has 0 unspecified atom stereocenters. The maximum atomic E-state index is 11.1. The molecule has 0 saturated carbocycles. The van der Waals surface area contributed by atoms with Gasteiger partial charge >= 0.3 is 0 Å². The van der Waals surface area contributed by atoms with Gasteiger partial charge in [-0.3, -0.25) is 4.79 Å². The molecule has 0 aliphatic carbocycles. The number of hydrogen-bond donors (Lipinski definition) is 1. The van der Waals surface area contributed by atoms with Gasteiger partial charge in [0.15, 0.2) is 0 Å². The van der Waals surface area contributed by atoms with Crippen LogP contribution in [0, 0.1) is 0 Å². The minimum Gasteiger partial charge on any atom is -0.334 e. The van der Waals surface area contributed by atoms with Gasteiger partial charge < -0.3 is 10.2 Å². The summed E-state index contributed by atoms with van der Waals surface area (Å²) in [6, 6.07) is 0. The molecule has 0 aromatic heterocycles. The summed E-state index contributed by atoms with van der Waals surface area (Å²) in [5.41, 5.74) is 1.24. The van der Waals surface area contributed by atoms with E-state index in [0.29, 0.717) is 6.42 Å². The molecule has 0 radical (unpaired) electrons. The van der Waals surface area contributed by atoms with Crippen LogP contribution in [0.4, 0.5) is 0 Å². The van der Waals surface area contributed by atoms with Crippen LogP contribution in [0.1, 0.15) is 19.8 Å². The maximum absolute atomic E-state index is 11.1. The number of hydrogen-bond acceptors (Lipinski definition) is 2. The van der Waals surface area contributed by atoms with Crippen LogP contribution in [0.2, 0.25) is 0 Å². The molecule has 0 aromatic rings. The molecule has 3 nitrogen and oxygen atoms in total. The SMILES string of the molecule is CC1=C2NC(=O)CCN2C=CC1. The van der Waals surface area contributed by atoms with Gasteiger partial charge in [0.25, 0.3) is 0 Å². The van der Waals surface area contributed by atoms with E-state index < -0.39 is 0 Å². The smallest absolute Gasteiger partial charge is 0.227 e. The Kier molecular flexibility index (Phi) is 1.64.